The maximum atomic E-state index is 12.8. The van der Waals surface area contributed by atoms with Crippen molar-refractivity contribution in [3.05, 3.63) is 47.3 Å². The van der Waals surface area contributed by atoms with Crippen LogP contribution in [0.2, 0.25) is 0 Å². The molecule has 1 aliphatic carbocycles. The van der Waals surface area contributed by atoms with E-state index in [4.69, 9.17) is 4.74 Å². The average molecular weight is 234 g/mol. The van der Waals surface area contributed by atoms with Crippen LogP contribution in [-0.4, -0.2) is 12.6 Å². The Balaban J connectivity index is 2.19. The van der Waals surface area contributed by atoms with E-state index in [1.54, 1.807) is 19.1 Å². The Morgan fingerprint density at radius 3 is 2.76 bits per heavy atom. The fourth-order valence-electron chi connectivity index (χ4n) is 2.18. The lowest BCUT2D eigenvalue weighted by Crippen LogP contribution is -2.12. The molecule has 1 unspecified atom stereocenters. The molecule has 0 aliphatic heterocycles. The number of benzene rings is 1. The van der Waals surface area contributed by atoms with E-state index in [0.717, 1.165) is 18.4 Å². The summed E-state index contributed by atoms with van der Waals surface area (Å²) in [6.07, 6.45) is 3.68. The van der Waals surface area contributed by atoms with Crippen LogP contribution in [0.1, 0.15) is 31.2 Å². The van der Waals surface area contributed by atoms with Crippen molar-refractivity contribution < 1.29 is 13.9 Å². The number of hydrogen-bond acceptors (Lipinski definition) is 2. The Hall–Kier alpha value is -1.64. The number of hydrogen-bond donors (Lipinski definition) is 0. The van der Waals surface area contributed by atoms with Crippen LogP contribution in [0, 0.1) is 5.82 Å². The van der Waals surface area contributed by atoms with Crippen molar-refractivity contribution in [2.75, 3.05) is 6.61 Å². The molecule has 0 heterocycles. The zero-order valence-corrected chi connectivity index (χ0v) is 9.78. The standard InChI is InChI=1S/C14H15FO2/c1-2-17-14(16)13-5-3-4-12(13)10-6-8-11(15)9-7-10/h5-9,12H,2-4H2,1H3. The zero-order valence-electron chi connectivity index (χ0n) is 9.78. The van der Waals surface area contributed by atoms with Gasteiger partial charge < -0.3 is 4.74 Å². The fraction of sp³-hybridized carbons (Fsp3) is 0.357. The van der Waals surface area contributed by atoms with Crippen LogP contribution in [-0.2, 0) is 9.53 Å². The normalized spacial score (nSPS) is 18.9. The van der Waals surface area contributed by atoms with Crippen LogP contribution in [0.5, 0.6) is 0 Å². The van der Waals surface area contributed by atoms with Gasteiger partial charge in [-0.3, -0.25) is 0 Å². The van der Waals surface area contributed by atoms with Crippen LogP contribution in [0.3, 0.4) is 0 Å². The second kappa shape index (κ2) is 5.13. The van der Waals surface area contributed by atoms with E-state index in [9.17, 15) is 9.18 Å². The number of carbonyl (C=O) groups excluding carboxylic acids is 1. The van der Waals surface area contributed by atoms with E-state index in [0.29, 0.717) is 12.2 Å². The molecule has 17 heavy (non-hydrogen) atoms. The highest BCUT2D eigenvalue weighted by molar-refractivity contribution is 5.90. The van der Waals surface area contributed by atoms with Crippen LogP contribution in [0.4, 0.5) is 4.39 Å². The highest BCUT2D eigenvalue weighted by Gasteiger charge is 2.27. The van der Waals surface area contributed by atoms with Gasteiger partial charge in [0, 0.05) is 11.5 Å². The van der Waals surface area contributed by atoms with Crippen molar-refractivity contribution >= 4 is 5.97 Å². The monoisotopic (exact) mass is 234 g/mol. The first-order valence-electron chi connectivity index (χ1n) is 5.85. The molecule has 0 saturated carbocycles. The van der Waals surface area contributed by atoms with E-state index >= 15 is 0 Å². The number of rotatable bonds is 3. The first kappa shape index (κ1) is 11.8. The van der Waals surface area contributed by atoms with Crippen molar-refractivity contribution in [2.45, 2.75) is 25.7 Å². The van der Waals surface area contributed by atoms with Crippen molar-refractivity contribution in [3.63, 3.8) is 0 Å². The Labute approximate surface area is 100 Å². The van der Waals surface area contributed by atoms with Gasteiger partial charge in [-0.15, -0.1) is 0 Å². The molecular weight excluding hydrogens is 219 g/mol. The Morgan fingerprint density at radius 1 is 1.41 bits per heavy atom. The topological polar surface area (TPSA) is 26.3 Å². The third kappa shape index (κ3) is 2.54. The summed E-state index contributed by atoms with van der Waals surface area (Å²) in [6.45, 7) is 2.17. The molecule has 0 bridgehead atoms. The molecule has 0 radical (unpaired) electrons. The zero-order chi connectivity index (χ0) is 12.3. The van der Waals surface area contributed by atoms with E-state index in [1.165, 1.54) is 12.1 Å². The van der Waals surface area contributed by atoms with Gasteiger partial charge in [-0.1, -0.05) is 18.2 Å². The third-order valence-electron chi connectivity index (χ3n) is 2.98. The maximum absolute atomic E-state index is 12.8. The van der Waals surface area contributed by atoms with Crippen molar-refractivity contribution in [1.29, 1.82) is 0 Å². The number of allylic oxidation sites excluding steroid dienone is 1. The van der Waals surface area contributed by atoms with Gasteiger partial charge in [-0.2, -0.15) is 0 Å². The first-order chi connectivity index (χ1) is 8.22. The summed E-state index contributed by atoms with van der Waals surface area (Å²) < 4.78 is 17.9. The predicted molar refractivity (Wildman–Crippen MR) is 63.1 cm³/mol. The molecule has 90 valence electrons. The number of halogens is 1. The van der Waals surface area contributed by atoms with Gasteiger partial charge in [-0.25, -0.2) is 9.18 Å². The van der Waals surface area contributed by atoms with Crippen LogP contribution in [0.25, 0.3) is 0 Å². The number of esters is 1. The molecule has 1 aromatic rings. The van der Waals surface area contributed by atoms with E-state index < -0.39 is 0 Å². The molecule has 0 saturated heterocycles. The van der Waals surface area contributed by atoms with Crippen molar-refractivity contribution in [3.8, 4) is 0 Å². The molecule has 1 aromatic carbocycles. The van der Waals surface area contributed by atoms with Gasteiger partial charge in [-0.05, 0) is 37.5 Å². The molecule has 0 N–H and O–H groups in total. The minimum absolute atomic E-state index is 0.0506. The molecular formula is C14H15FO2. The summed E-state index contributed by atoms with van der Waals surface area (Å²) in [5.41, 5.74) is 1.68. The SMILES string of the molecule is CCOC(=O)C1=CCCC1c1ccc(F)cc1. The van der Waals surface area contributed by atoms with Crippen molar-refractivity contribution in [1.82, 2.24) is 0 Å². The summed E-state index contributed by atoms with van der Waals surface area (Å²) in [4.78, 5) is 11.7. The largest absolute Gasteiger partial charge is 0.463 e. The van der Waals surface area contributed by atoms with Crippen LogP contribution in [0.15, 0.2) is 35.9 Å². The van der Waals surface area contributed by atoms with Crippen molar-refractivity contribution in [2.24, 2.45) is 0 Å². The minimum Gasteiger partial charge on any atom is -0.463 e. The highest BCUT2D eigenvalue weighted by atomic mass is 19.1. The predicted octanol–water partition coefficient (Wildman–Crippen LogP) is 3.19. The third-order valence-corrected chi connectivity index (χ3v) is 2.98. The summed E-state index contributed by atoms with van der Waals surface area (Å²) in [6, 6.07) is 6.32. The summed E-state index contributed by atoms with van der Waals surface area (Å²) in [5, 5.41) is 0. The molecule has 0 fully saturated rings. The van der Waals surface area contributed by atoms with Gasteiger partial charge in [0.25, 0.3) is 0 Å². The average Bonchev–Trinajstić information content (AvgIpc) is 2.79. The molecule has 0 aromatic heterocycles. The maximum Gasteiger partial charge on any atom is 0.334 e. The summed E-state index contributed by atoms with van der Waals surface area (Å²) in [5.74, 6) is -0.456. The fourth-order valence-corrected chi connectivity index (χ4v) is 2.18. The summed E-state index contributed by atoms with van der Waals surface area (Å²) in [7, 11) is 0. The Bertz CT molecular complexity index is 434. The van der Waals surface area contributed by atoms with E-state index in [-0.39, 0.29) is 17.7 Å². The smallest absolute Gasteiger partial charge is 0.334 e. The first-order valence-corrected chi connectivity index (χ1v) is 5.85. The van der Waals surface area contributed by atoms with Gasteiger partial charge in [0.2, 0.25) is 0 Å². The van der Waals surface area contributed by atoms with E-state index in [2.05, 4.69) is 0 Å². The number of carbonyl (C=O) groups is 1. The Kier molecular flexibility index (Phi) is 3.57. The lowest BCUT2D eigenvalue weighted by atomic mass is 9.92. The van der Waals surface area contributed by atoms with Gasteiger partial charge in [0.05, 0.1) is 6.61 Å². The molecule has 0 amide bonds. The minimum atomic E-state index is -0.256. The van der Waals surface area contributed by atoms with E-state index in [1.807, 2.05) is 6.08 Å². The molecule has 1 atom stereocenters. The lowest BCUT2D eigenvalue weighted by Gasteiger charge is -2.14. The van der Waals surface area contributed by atoms with Gasteiger partial charge in [0.15, 0.2) is 0 Å². The molecule has 2 rings (SSSR count). The van der Waals surface area contributed by atoms with Gasteiger partial charge in [0.1, 0.15) is 5.82 Å². The summed E-state index contributed by atoms with van der Waals surface area (Å²) >= 11 is 0. The second-order valence-electron chi connectivity index (χ2n) is 4.06. The van der Waals surface area contributed by atoms with Crippen LogP contribution < -0.4 is 0 Å². The van der Waals surface area contributed by atoms with Gasteiger partial charge >= 0.3 is 5.97 Å². The quantitative estimate of drug-likeness (QED) is 0.751. The molecule has 3 heteroatoms. The van der Waals surface area contributed by atoms with Crippen LogP contribution >= 0.6 is 0 Å². The highest BCUT2D eigenvalue weighted by Crippen LogP contribution is 2.35. The number of ether oxygens (including phenoxy) is 1. The Morgan fingerprint density at radius 2 is 2.12 bits per heavy atom. The molecule has 2 nitrogen and oxygen atoms in total. The molecule has 1 aliphatic rings. The second-order valence-corrected chi connectivity index (χ2v) is 4.06. The molecule has 0 spiro atoms. The lowest BCUT2D eigenvalue weighted by molar-refractivity contribution is -0.138.